The molecule has 0 atom stereocenters. The first kappa shape index (κ1) is 28.9. The van der Waals surface area contributed by atoms with E-state index in [2.05, 4.69) is 13.8 Å². The summed E-state index contributed by atoms with van der Waals surface area (Å²) in [5.74, 6) is -1.16. The first-order valence-electron chi connectivity index (χ1n) is 13.4. The molecule has 0 fully saturated rings. The minimum Gasteiger partial charge on any atom is -0.457 e. The molecule has 1 aliphatic heterocycles. The zero-order chi connectivity index (χ0) is 30.8. The number of non-ortho nitro benzene ring substituents is 1. The van der Waals surface area contributed by atoms with Gasteiger partial charge in [-0.2, -0.15) is 0 Å². The molecule has 1 aliphatic rings. The topological polar surface area (TPSA) is 133 Å². The molecule has 0 saturated heterocycles. The monoisotopic (exact) mass is 578 g/mol. The highest BCUT2D eigenvalue weighted by Crippen LogP contribution is 2.34. The minimum absolute atomic E-state index is 0.0167. The fourth-order valence-electron chi connectivity index (χ4n) is 4.69. The summed E-state index contributed by atoms with van der Waals surface area (Å²) < 4.78 is 11.2. The summed E-state index contributed by atoms with van der Waals surface area (Å²) in [6, 6.07) is 21.6. The fourth-order valence-corrected chi connectivity index (χ4v) is 4.69. The van der Waals surface area contributed by atoms with Crippen molar-refractivity contribution in [3.63, 3.8) is 0 Å². The maximum atomic E-state index is 13.3. The Morgan fingerprint density at radius 1 is 0.860 bits per heavy atom. The first-order valence-corrected chi connectivity index (χ1v) is 13.4. The van der Waals surface area contributed by atoms with Crippen LogP contribution in [0.2, 0.25) is 0 Å². The molecule has 10 heteroatoms. The second-order valence-electron chi connectivity index (χ2n) is 10.3. The number of esters is 1. The van der Waals surface area contributed by atoms with Crippen LogP contribution in [0.1, 0.15) is 72.3 Å². The molecule has 0 saturated carbocycles. The average molecular weight is 579 g/mol. The zero-order valence-corrected chi connectivity index (χ0v) is 23.5. The number of nitro benzene ring substituents is 1. The number of rotatable bonds is 9. The number of carbonyl (C=O) groups is 4. The summed E-state index contributed by atoms with van der Waals surface area (Å²) >= 11 is 0. The number of aryl methyl sites for hydroxylation is 1. The van der Waals surface area contributed by atoms with Crippen LogP contribution in [-0.4, -0.2) is 35.1 Å². The van der Waals surface area contributed by atoms with Gasteiger partial charge in [-0.3, -0.25) is 24.5 Å². The van der Waals surface area contributed by atoms with Gasteiger partial charge >= 0.3 is 5.97 Å². The van der Waals surface area contributed by atoms with Crippen molar-refractivity contribution >= 4 is 34.9 Å². The van der Waals surface area contributed by atoms with Gasteiger partial charge in [0, 0.05) is 17.7 Å². The third kappa shape index (κ3) is 5.89. The van der Waals surface area contributed by atoms with Crippen molar-refractivity contribution in [2.45, 2.75) is 26.7 Å². The third-order valence-corrected chi connectivity index (χ3v) is 6.95. The van der Waals surface area contributed by atoms with Crippen molar-refractivity contribution in [2.24, 2.45) is 0 Å². The third-order valence-electron chi connectivity index (χ3n) is 6.95. The first-order chi connectivity index (χ1) is 20.5. The van der Waals surface area contributed by atoms with Crippen molar-refractivity contribution in [3.8, 4) is 11.5 Å². The Balaban J connectivity index is 1.28. The molecule has 0 aliphatic carbocycles. The molecule has 0 aromatic heterocycles. The van der Waals surface area contributed by atoms with E-state index in [0.29, 0.717) is 11.4 Å². The lowest BCUT2D eigenvalue weighted by Gasteiger charge is -2.16. The van der Waals surface area contributed by atoms with Crippen LogP contribution in [0.5, 0.6) is 11.5 Å². The van der Waals surface area contributed by atoms with E-state index in [4.69, 9.17) is 9.47 Å². The van der Waals surface area contributed by atoms with Crippen LogP contribution in [0.4, 0.5) is 11.4 Å². The number of nitrogens with zero attached hydrogens (tertiary/aromatic N) is 2. The van der Waals surface area contributed by atoms with Crippen molar-refractivity contribution in [1.82, 2.24) is 0 Å². The SMILES string of the molecule is Cc1ccc(C(C)C)c(Oc2ccc(N3C(=O)c4ccc(C(=O)OCC(=O)c5cccc([N+](=O)[O-])c5)cc4C3=O)cc2)c1. The zero-order valence-electron chi connectivity index (χ0n) is 23.5. The van der Waals surface area contributed by atoms with Gasteiger partial charge in [-0.1, -0.05) is 38.1 Å². The molecule has 4 aromatic rings. The maximum Gasteiger partial charge on any atom is 0.338 e. The van der Waals surface area contributed by atoms with Crippen LogP contribution in [0, 0.1) is 17.0 Å². The number of amides is 2. The summed E-state index contributed by atoms with van der Waals surface area (Å²) in [5, 5.41) is 11.0. The second-order valence-corrected chi connectivity index (χ2v) is 10.3. The van der Waals surface area contributed by atoms with Crippen molar-refractivity contribution in [1.29, 1.82) is 0 Å². The summed E-state index contributed by atoms with van der Waals surface area (Å²) in [6.45, 7) is 5.47. The molecule has 0 N–H and O–H groups in total. The molecular formula is C33H26N2O8. The number of Topliss-reactive ketones (excluding diaryl/α,β-unsaturated/α-hetero) is 1. The van der Waals surface area contributed by atoms with E-state index in [1.807, 2.05) is 25.1 Å². The molecule has 1 heterocycles. The fraction of sp³-hybridized carbons (Fsp3) is 0.152. The van der Waals surface area contributed by atoms with Gasteiger partial charge in [-0.25, -0.2) is 9.69 Å². The van der Waals surface area contributed by atoms with Crippen LogP contribution in [0.3, 0.4) is 0 Å². The van der Waals surface area contributed by atoms with E-state index >= 15 is 0 Å². The van der Waals surface area contributed by atoms with E-state index in [9.17, 15) is 29.3 Å². The molecule has 0 spiro atoms. The normalized spacial score (nSPS) is 12.3. The van der Waals surface area contributed by atoms with Gasteiger partial charge in [-0.15, -0.1) is 0 Å². The van der Waals surface area contributed by atoms with Gasteiger partial charge in [-0.05, 0) is 72.5 Å². The van der Waals surface area contributed by atoms with Gasteiger partial charge in [0.2, 0.25) is 5.78 Å². The van der Waals surface area contributed by atoms with Crippen LogP contribution in [0.15, 0.2) is 84.9 Å². The Morgan fingerprint density at radius 3 is 2.28 bits per heavy atom. The smallest absolute Gasteiger partial charge is 0.338 e. The van der Waals surface area contributed by atoms with Gasteiger partial charge in [0.05, 0.1) is 27.3 Å². The van der Waals surface area contributed by atoms with Crippen molar-refractivity contribution in [2.75, 3.05) is 11.5 Å². The molecular weight excluding hydrogens is 552 g/mol. The number of imide groups is 1. The molecule has 43 heavy (non-hydrogen) atoms. The Morgan fingerprint density at radius 2 is 1.58 bits per heavy atom. The predicted molar refractivity (Wildman–Crippen MR) is 157 cm³/mol. The number of anilines is 1. The Labute approximate surface area is 246 Å². The standard InChI is InChI=1S/C33H26N2O8/c1-19(2)26-13-7-20(3)15-30(26)43-25-11-9-23(10-12-25)34-31(37)27-14-8-22(17-28(27)32(34)38)33(39)42-18-29(36)21-5-4-6-24(16-21)35(40)41/h4-17,19H,18H2,1-3H3. The number of hydrogen-bond acceptors (Lipinski definition) is 8. The molecule has 216 valence electrons. The molecule has 10 nitrogen and oxygen atoms in total. The average Bonchev–Trinajstić information content (AvgIpc) is 3.24. The number of nitro groups is 1. The lowest BCUT2D eigenvalue weighted by molar-refractivity contribution is -0.384. The quantitative estimate of drug-likeness (QED) is 0.0708. The molecule has 0 radical (unpaired) electrons. The number of hydrogen-bond donors (Lipinski definition) is 0. The Bertz CT molecular complexity index is 1790. The molecule has 2 amide bonds. The van der Waals surface area contributed by atoms with Crippen LogP contribution in [0.25, 0.3) is 0 Å². The van der Waals surface area contributed by atoms with Crippen LogP contribution >= 0.6 is 0 Å². The van der Waals surface area contributed by atoms with Crippen LogP contribution in [-0.2, 0) is 4.74 Å². The van der Waals surface area contributed by atoms with E-state index in [1.54, 1.807) is 24.3 Å². The summed E-state index contributed by atoms with van der Waals surface area (Å²) in [7, 11) is 0. The van der Waals surface area contributed by atoms with Gasteiger partial charge in [0.1, 0.15) is 11.5 Å². The summed E-state index contributed by atoms with van der Waals surface area (Å²) in [4.78, 5) is 62.8. The number of fused-ring (bicyclic) bond motifs is 1. The molecule has 5 rings (SSSR count). The van der Waals surface area contributed by atoms with Crippen molar-refractivity contribution in [3.05, 3.63) is 128 Å². The number of carbonyl (C=O) groups excluding carboxylic acids is 4. The minimum atomic E-state index is -0.890. The second kappa shape index (κ2) is 11.7. The highest BCUT2D eigenvalue weighted by atomic mass is 16.6. The largest absolute Gasteiger partial charge is 0.457 e. The highest BCUT2D eigenvalue weighted by molar-refractivity contribution is 6.34. The Hall–Kier alpha value is -5.64. The van der Waals surface area contributed by atoms with Crippen LogP contribution < -0.4 is 9.64 Å². The Kier molecular flexibility index (Phi) is 7.85. The number of ether oxygens (including phenoxy) is 2. The number of benzene rings is 4. The van der Waals surface area contributed by atoms with Gasteiger partial charge in [0.15, 0.2) is 6.61 Å². The van der Waals surface area contributed by atoms with Gasteiger partial charge in [0.25, 0.3) is 17.5 Å². The molecule has 4 aromatic carbocycles. The molecule has 0 unspecified atom stereocenters. The summed E-state index contributed by atoms with van der Waals surface area (Å²) in [5.41, 5.74) is 2.30. The highest BCUT2D eigenvalue weighted by Gasteiger charge is 2.37. The number of ketones is 1. The lowest BCUT2D eigenvalue weighted by Crippen LogP contribution is -2.29. The van der Waals surface area contributed by atoms with E-state index in [-0.39, 0.29) is 33.9 Å². The summed E-state index contributed by atoms with van der Waals surface area (Å²) in [6.07, 6.45) is 0. The van der Waals surface area contributed by atoms with E-state index in [0.717, 1.165) is 27.8 Å². The van der Waals surface area contributed by atoms with Gasteiger partial charge < -0.3 is 9.47 Å². The van der Waals surface area contributed by atoms with E-state index < -0.39 is 35.1 Å². The van der Waals surface area contributed by atoms with E-state index in [1.165, 1.54) is 36.4 Å². The van der Waals surface area contributed by atoms with Crippen molar-refractivity contribution < 1.29 is 33.6 Å². The maximum absolute atomic E-state index is 13.3. The molecule has 0 bridgehead atoms. The predicted octanol–water partition coefficient (Wildman–Crippen LogP) is 6.66. The lowest BCUT2D eigenvalue weighted by atomic mass is 10.0.